The number of halogens is 1. The average molecular weight is 337 g/mol. The van der Waals surface area contributed by atoms with Crippen molar-refractivity contribution in [2.75, 3.05) is 19.0 Å². The van der Waals surface area contributed by atoms with Gasteiger partial charge in [0.25, 0.3) is 0 Å². The third-order valence-electron chi connectivity index (χ3n) is 2.78. The Bertz CT molecular complexity index is 647. The molecule has 0 fully saturated rings. The number of thiocarbonyl (C=S) groups is 1. The highest BCUT2D eigenvalue weighted by Gasteiger charge is 2.08. The minimum absolute atomic E-state index is 0.485. The summed E-state index contributed by atoms with van der Waals surface area (Å²) in [5, 5.41) is 6.97. The zero-order valence-electron chi connectivity index (χ0n) is 12.4. The van der Waals surface area contributed by atoms with E-state index in [1.54, 1.807) is 25.2 Å². The third kappa shape index (κ3) is 4.51. The zero-order chi connectivity index (χ0) is 15.9. The van der Waals surface area contributed by atoms with E-state index in [4.69, 9.17) is 33.3 Å². The Morgan fingerprint density at radius 3 is 2.45 bits per heavy atom. The molecule has 2 N–H and O–H groups in total. The molecule has 0 aliphatic heterocycles. The van der Waals surface area contributed by atoms with E-state index in [-0.39, 0.29) is 0 Å². The molecule has 0 unspecified atom stereocenters. The van der Waals surface area contributed by atoms with Crippen LogP contribution in [0.3, 0.4) is 0 Å². The fourth-order valence-electron chi connectivity index (χ4n) is 1.77. The van der Waals surface area contributed by atoms with E-state index in [0.717, 1.165) is 5.75 Å². The Balaban J connectivity index is 2.19. The van der Waals surface area contributed by atoms with Crippen molar-refractivity contribution in [3.8, 4) is 17.2 Å². The lowest BCUT2D eigenvalue weighted by atomic mass is 10.3. The Morgan fingerprint density at radius 2 is 1.82 bits per heavy atom. The summed E-state index contributed by atoms with van der Waals surface area (Å²) in [6.07, 6.45) is 0. The Labute approximate surface area is 140 Å². The van der Waals surface area contributed by atoms with Gasteiger partial charge in [0.2, 0.25) is 0 Å². The van der Waals surface area contributed by atoms with Crippen LogP contribution in [0.1, 0.15) is 6.92 Å². The first kappa shape index (κ1) is 16.4. The van der Waals surface area contributed by atoms with Crippen molar-refractivity contribution in [1.29, 1.82) is 0 Å². The minimum atomic E-state index is 0.485. The normalized spacial score (nSPS) is 9.95. The van der Waals surface area contributed by atoms with Gasteiger partial charge in [-0.2, -0.15) is 0 Å². The number of ether oxygens (including phenoxy) is 2. The highest BCUT2D eigenvalue weighted by molar-refractivity contribution is 7.80. The minimum Gasteiger partial charge on any atom is -0.494 e. The molecular weight excluding hydrogens is 320 g/mol. The van der Waals surface area contributed by atoms with Gasteiger partial charge in [-0.3, -0.25) is 0 Å². The summed E-state index contributed by atoms with van der Waals surface area (Å²) >= 11 is 11.1. The smallest absolute Gasteiger partial charge is 0.170 e. The van der Waals surface area contributed by atoms with Crippen LogP contribution in [0.2, 0.25) is 5.02 Å². The first-order valence-corrected chi connectivity index (χ1v) is 7.60. The molecule has 0 aromatic heterocycles. The van der Waals surface area contributed by atoms with Crippen molar-refractivity contribution in [3.63, 3.8) is 0 Å². The Hall–Kier alpha value is -1.98. The summed E-state index contributed by atoms with van der Waals surface area (Å²) in [5.74, 6) is 2.14. The highest BCUT2D eigenvalue weighted by atomic mass is 35.5. The number of anilines is 1. The molecule has 22 heavy (non-hydrogen) atoms. The molecule has 6 heteroatoms. The van der Waals surface area contributed by atoms with E-state index in [9.17, 15) is 0 Å². The van der Waals surface area contributed by atoms with Gasteiger partial charge in [-0.25, -0.2) is 0 Å². The van der Waals surface area contributed by atoms with E-state index >= 15 is 0 Å². The van der Waals surface area contributed by atoms with Crippen molar-refractivity contribution in [2.45, 2.75) is 6.92 Å². The fourth-order valence-corrected chi connectivity index (χ4v) is 2.05. The molecular formula is C16H17ClN2O2S. The molecule has 0 spiro atoms. The largest absolute Gasteiger partial charge is 0.494 e. The maximum atomic E-state index is 6.03. The van der Waals surface area contributed by atoms with Gasteiger partial charge in [0, 0.05) is 12.1 Å². The van der Waals surface area contributed by atoms with Gasteiger partial charge in [0.1, 0.15) is 11.5 Å². The molecule has 0 bridgehead atoms. The first-order valence-electron chi connectivity index (χ1n) is 6.81. The maximum absolute atomic E-state index is 6.03. The molecule has 0 heterocycles. The average Bonchev–Trinajstić information content (AvgIpc) is 2.52. The zero-order valence-corrected chi connectivity index (χ0v) is 13.9. The van der Waals surface area contributed by atoms with Gasteiger partial charge in [-0.1, -0.05) is 11.6 Å². The lowest BCUT2D eigenvalue weighted by molar-refractivity contribution is 0.339. The van der Waals surface area contributed by atoms with Gasteiger partial charge < -0.3 is 20.1 Å². The lowest BCUT2D eigenvalue weighted by Crippen LogP contribution is -2.24. The van der Waals surface area contributed by atoms with Gasteiger partial charge in [-0.05, 0) is 61.6 Å². The monoisotopic (exact) mass is 336 g/mol. The van der Waals surface area contributed by atoms with Crippen molar-refractivity contribution in [3.05, 3.63) is 47.5 Å². The molecule has 0 aliphatic carbocycles. The lowest BCUT2D eigenvalue weighted by Gasteiger charge is -2.14. The summed E-state index contributed by atoms with van der Waals surface area (Å²) < 4.78 is 11.3. The molecule has 0 amide bonds. The molecule has 0 aliphatic rings. The number of hydrogen-bond acceptors (Lipinski definition) is 3. The third-order valence-corrected chi connectivity index (χ3v) is 3.32. The molecule has 0 saturated heterocycles. The van der Waals surface area contributed by atoms with E-state index in [1.165, 1.54) is 0 Å². The van der Waals surface area contributed by atoms with E-state index < -0.39 is 0 Å². The summed E-state index contributed by atoms with van der Waals surface area (Å²) in [6, 6.07) is 12.7. The van der Waals surface area contributed by atoms with Crippen LogP contribution in [0, 0.1) is 0 Å². The maximum Gasteiger partial charge on any atom is 0.170 e. The van der Waals surface area contributed by atoms with Crippen LogP contribution in [-0.2, 0) is 0 Å². The Kier molecular flexibility index (Phi) is 5.86. The fraction of sp³-hybridized carbons (Fsp3) is 0.188. The predicted octanol–water partition coefficient (Wildman–Crippen LogP) is 4.45. The van der Waals surface area contributed by atoms with Gasteiger partial charge in [-0.15, -0.1) is 0 Å². The molecule has 4 nitrogen and oxygen atoms in total. The van der Waals surface area contributed by atoms with Crippen molar-refractivity contribution < 1.29 is 9.47 Å². The van der Waals surface area contributed by atoms with E-state index in [1.807, 2.05) is 31.2 Å². The van der Waals surface area contributed by atoms with Crippen LogP contribution in [0.4, 0.5) is 5.69 Å². The van der Waals surface area contributed by atoms with Crippen molar-refractivity contribution in [1.82, 2.24) is 5.32 Å². The van der Waals surface area contributed by atoms with Crippen LogP contribution in [0.15, 0.2) is 42.5 Å². The number of hydrogen-bond donors (Lipinski definition) is 2. The Morgan fingerprint density at radius 1 is 1.14 bits per heavy atom. The molecule has 0 saturated carbocycles. The quantitative estimate of drug-likeness (QED) is 0.790. The van der Waals surface area contributed by atoms with Crippen LogP contribution in [-0.4, -0.2) is 18.8 Å². The van der Waals surface area contributed by atoms with Crippen LogP contribution >= 0.6 is 23.8 Å². The summed E-state index contributed by atoms with van der Waals surface area (Å²) in [5.41, 5.74) is 0.695. The molecule has 2 aromatic rings. The van der Waals surface area contributed by atoms with Crippen molar-refractivity contribution >= 4 is 34.6 Å². The number of rotatable bonds is 5. The molecule has 0 atom stereocenters. The number of benzene rings is 2. The highest BCUT2D eigenvalue weighted by Crippen LogP contribution is 2.32. The van der Waals surface area contributed by atoms with Crippen LogP contribution < -0.4 is 20.1 Å². The van der Waals surface area contributed by atoms with Crippen LogP contribution in [0.5, 0.6) is 17.2 Å². The molecule has 2 rings (SSSR count). The van der Waals surface area contributed by atoms with Crippen molar-refractivity contribution in [2.24, 2.45) is 0 Å². The SMILES string of the molecule is CCOc1ccc(Oc2ccc(Cl)cc2NC(=S)NC)cc1. The van der Waals surface area contributed by atoms with Gasteiger partial charge in [0.15, 0.2) is 10.9 Å². The predicted molar refractivity (Wildman–Crippen MR) is 94.4 cm³/mol. The van der Waals surface area contributed by atoms with Gasteiger partial charge in [0.05, 0.1) is 12.3 Å². The molecule has 116 valence electrons. The standard InChI is InChI=1S/C16H17ClN2O2S/c1-3-20-12-5-7-13(8-6-12)21-15-9-4-11(17)10-14(15)19-16(22)18-2/h4-10H,3H2,1-2H3,(H2,18,19,22). The molecule has 2 aromatic carbocycles. The molecule has 0 radical (unpaired) electrons. The van der Waals surface area contributed by atoms with Gasteiger partial charge >= 0.3 is 0 Å². The topological polar surface area (TPSA) is 42.5 Å². The second kappa shape index (κ2) is 7.87. The second-order valence-corrected chi connectivity index (χ2v) is 5.20. The van der Waals surface area contributed by atoms with E-state index in [2.05, 4.69) is 10.6 Å². The first-order chi connectivity index (χ1) is 10.6. The number of nitrogens with one attached hydrogen (secondary N) is 2. The summed E-state index contributed by atoms with van der Waals surface area (Å²) in [6.45, 7) is 2.58. The summed E-state index contributed by atoms with van der Waals surface area (Å²) in [7, 11) is 1.74. The second-order valence-electron chi connectivity index (χ2n) is 4.35. The van der Waals surface area contributed by atoms with E-state index in [0.29, 0.717) is 33.9 Å². The van der Waals surface area contributed by atoms with Crippen LogP contribution in [0.25, 0.3) is 0 Å². The summed E-state index contributed by atoms with van der Waals surface area (Å²) in [4.78, 5) is 0.